The highest BCUT2D eigenvalue weighted by atomic mass is 79.9. The molecule has 0 bridgehead atoms. The monoisotopic (exact) mass is 306 g/mol. The summed E-state index contributed by atoms with van der Waals surface area (Å²) in [6.45, 7) is 2.13. The summed E-state index contributed by atoms with van der Waals surface area (Å²) >= 11 is 5.39. The molecule has 0 saturated heterocycles. The Labute approximate surface area is 94.5 Å². The van der Waals surface area contributed by atoms with Crippen molar-refractivity contribution < 1.29 is 0 Å². The maximum atomic E-state index is 3.56. The Morgan fingerprint density at radius 1 is 1.25 bits per heavy atom. The molecule has 12 heavy (non-hydrogen) atoms. The number of hydrogen-bond acceptors (Lipinski definition) is 1. The Bertz CT molecular complexity index is 392. The minimum absolute atomic E-state index is 0. The van der Waals surface area contributed by atoms with Crippen molar-refractivity contribution in [3.8, 4) is 0 Å². The zero-order valence-corrected chi connectivity index (χ0v) is 10.6. The van der Waals surface area contributed by atoms with Crippen molar-refractivity contribution in [1.82, 2.24) is 0 Å². The number of hydrogen-bond donors (Lipinski definition) is 0. The van der Waals surface area contributed by atoms with Crippen LogP contribution >= 0.6 is 44.2 Å². The minimum atomic E-state index is 0. The fraction of sp³-hybridized carbons (Fsp3) is 0.111. The van der Waals surface area contributed by atoms with Crippen LogP contribution in [0.4, 0.5) is 0 Å². The van der Waals surface area contributed by atoms with E-state index in [9.17, 15) is 0 Å². The molecule has 0 amide bonds. The molecule has 0 nitrogen and oxygen atoms in total. The molecule has 0 saturated carbocycles. The van der Waals surface area contributed by atoms with Gasteiger partial charge in [0.15, 0.2) is 0 Å². The number of aryl methyl sites for hydroxylation is 1. The second-order valence-electron chi connectivity index (χ2n) is 2.47. The van der Waals surface area contributed by atoms with E-state index in [1.54, 1.807) is 0 Å². The molecule has 1 heterocycles. The molecule has 0 radical (unpaired) electrons. The van der Waals surface area contributed by atoms with Crippen LogP contribution in [0.2, 0.25) is 0 Å². The van der Waals surface area contributed by atoms with Gasteiger partial charge in [-0.1, -0.05) is 18.2 Å². The summed E-state index contributed by atoms with van der Waals surface area (Å²) in [5.41, 5.74) is 0. The zero-order chi connectivity index (χ0) is 7.84. The van der Waals surface area contributed by atoms with Crippen molar-refractivity contribution in [2.24, 2.45) is 0 Å². The maximum Gasteiger partial charge on any atom is 0.0390 e. The molecule has 1 aromatic carbocycles. The molecule has 0 aliphatic carbocycles. The van der Waals surface area contributed by atoms with E-state index in [4.69, 9.17) is 0 Å². The van der Waals surface area contributed by atoms with Gasteiger partial charge in [-0.3, -0.25) is 0 Å². The Kier molecular flexibility index (Phi) is 3.32. The highest BCUT2D eigenvalue weighted by Crippen LogP contribution is 2.34. The first-order chi connectivity index (χ1) is 5.29. The average molecular weight is 308 g/mol. The highest BCUT2D eigenvalue weighted by molar-refractivity contribution is 9.10. The normalized spacial score (nSPS) is 9.83. The molecule has 0 aliphatic rings. The highest BCUT2D eigenvalue weighted by Gasteiger charge is 2.03. The first-order valence-corrected chi connectivity index (χ1v) is 5.03. The fourth-order valence-electron chi connectivity index (χ4n) is 1.14. The first-order valence-electron chi connectivity index (χ1n) is 3.42. The summed E-state index contributed by atoms with van der Waals surface area (Å²) in [6, 6.07) is 8.44. The molecule has 64 valence electrons. The van der Waals surface area contributed by atoms with Gasteiger partial charge in [0.25, 0.3) is 0 Å². The quantitative estimate of drug-likeness (QED) is 0.670. The largest absolute Gasteiger partial charge is 0.139 e. The van der Waals surface area contributed by atoms with Crippen molar-refractivity contribution in [3.63, 3.8) is 0 Å². The third-order valence-corrected chi connectivity index (χ3v) is 4.07. The van der Waals surface area contributed by atoms with Crippen LogP contribution in [0.5, 0.6) is 0 Å². The van der Waals surface area contributed by atoms with Crippen LogP contribution in [0.25, 0.3) is 10.1 Å². The third-order valence-electron chi connectivity index (χ3n) is 1.70. The van der Waals surface area contributed by atoms with Crippen LogP contribution in [0.1, 0.15) is 4.88 Å². The minimum Gasteiger partial charge on any atom is -0.139 e. The third kappa shape index (κ3) is 1.58. The Hall–Kier alpha value is 0.140. The van der Waals surface area contributed by atoms with E-state index in [0.29, 0.717) is 0 Å². The van der Waals surface area contributed by atoms with Crippen molar-refractivity contribution >= 4 is 54.3 Å². The predicted molar refractivity (Wildman–Crippen MR) is 64.6 cm³/mol. The standard InChI is InChI=1S/C9H7BrS.BrH/c1-6-9(10)7-4-2-3-5-8(7)11-6;/h2-5H,1H3;1H. The molecule has 3 heteroatoms. The van der Waals surface area contributed by atoms with Crippen LogP contribution in [0, 0.1) is 6.92 Å². The lowest BCUT2D eigenvalue weighted by molar-refractivity contribution is 1.61. The van der Waals surface area contributed by atoms with Crippen LogP contribution in [0.3, 0.4) is 0 Å². The van der Waals surface area contributed by atoms with Gasteiger partial charge in [0, 0.05) is 19.4 Å². The topological polar surface area (TPSA) is 0 Å². The van der Waals surface area contributed by atoms with Crippen molar-refractivity contribution in [1.29, 1.82) is 0 Å². The van der Waals surface area contributed by atoms with E-state index >= 15 is 0 Å². The van der Waals surface area contributed by atoms with Crippen molar-refractivity contribution in [2.45, 2.75) is 6.92 Å². The van der Waals surface area contributed by atoms with Gasteiger partial charge in [0.2, 0.25) is 0 Å². The summed E-state index contributed by atoms with van der Waals surface area (Å²) in [7, 11) is 0. The molecular weight excluding hydrogens is 300 g/mol. The van der Waals surface area contributed by atoms with E-state index in [0.717, 1.165) is 0 Å². The SMILES string of the molecule is Br.Cc1sc2ccccc2c1Br. The Balaban J connectivity index is 0.000000720. The Morgan fingerprint density at radius 2 is 1.92 bits per heavy atom. The van der Waals surface area contributed by atoms with Gasteiger partial charge in [-0.05, 0) is 28.9 Å². The van der Waals surface area contributed by atoms with Gasteiger partial charge < -0.3 is 0 Å². The van der Waals surface area contributed by atoms with Crippen LogP contribution in [0.15, 0.2) is 28.7 Å². The lowest BCUT2D eigenvalue weighted by Gasteiger charge is -1.86. The number of halogens is 2. The average Bonchev–Trinajstić information content (AvgIpc) is 2.30. The second-order valence-corrected chi connectivity index (χ2v) is 4.52. The van der Waals surface area contributed by atoms with Crippen molar-refractivity contribution in [3.05, 3.63) is 33.6 Å². The van der Waals surface area contributed by atoms with Gasteiger partial charge >= 0.3 is 0 Å². The summed E-state index contributed by atoms with van der Waals surface area (Å²) in [5, 5.41) is 1.33. The summed E-state index contributed by atoms with van der Waals surface area (Å²) in [4.78, 5) is 1.35. The lowest BCUT2D eigenvalue weighted by atomic mass is 10.2. The molecule has 2 aromatic rings. The van der Waals surface area contributed by atoms with Gasteiger partial charge in [0.1, 0.15) is 0 Å². The molecule has 2 rings (SSSR count). The van der Waals surface area contributed by atoms with E-state index in [1.165, 1.54) is 19.4 Å². The van der Waals surface area contributed by atoms with Gasteiger partial charge in [0.05, 0.1) is 0 Å². The van der Waals surface area contributed by atoms with Crippen molar-refractivity contribution in [2.75, 3.05) is 0 Å². The lowest BCUT2D eigenvalue weighted by Crippen LogP contribution is -1.62. The molecule has 0 unspecified atom stereocenters. The van der Waals surface area contributed by atoms with Gasteiger partial charge in [-0.15, -0.1) is 28.3 Å². The van der Waals surface area contributed by atoms with E-state index in [1.807, 2.05) is 11.3 Å². The molecule has 0 atom stereocenters. The number of benzene rings is 1. The second kappa shape index (κ2) is 3.90. The predicted octanol–water partition coefficient (Wildman–Crippen LogP) is 4.55. The smallest absolute Gasteiger partial charge is 0.0390 e. The maximum absolute atomic E-state index is 3.56. The van der Waals surface area contributed by atoms with Crippen LogP contribution in [-0.2, 0) is 0 Å². The molecule has 0 fully saturated rings. The van der Waals surface area contributed by atoms with E-state index in [2.05, 4.69) is 47.1 Å². The van der Waals surface area contributed by atoms with E-state index < -0.39 is 0 Å². The fourth-order valence-corrected chi connectivity index (χ4v) is 2.81. The summed E-state index contributed by atoms with van der Waals surface area (Å²) in [5.74, 6) is 0. The number of rotatable bonds is 0. The molecule has 0 spiro atoms. The van der Waals surface area contributed by atoms with Crippen LogP contribution in [-0.4, -0.2) is 0 Å². The van der Waals surface area contributed by atoms with Gasteiger partial charge in [-0.2, -0.15) is 0 Å². The summed E-state index contributed by atoms with van der Waals surface area (Å²) in [6.07, 6.45) is 0. The molecule has 0 N–H and O–H groups in total. The molecule has 0 aliphatic heterocycles. The molecular formula is C9H8Br2S. The van der Waals surface area contributed by atoms with Gasteiger partial charge in [-0.25, -0.2) is 0 Å². The van der Waals surface area contributed by atoms with Crippen LogP contribution < -0.4 is 0 Å². The number of thiophene rings is 1. The Morgan fingerprint density at radius 3 is 2.58 bits per heavy atom. The molecule has 1 aromatic heterocycles. The van der Waals surface area contributed by atoms with E-state index in [-0.39, 0.29) is 17.0 Å². The number of fused-ring (bicyclic) bond motifs is 1. The summed E-state index contributed by atoms with van der Waals surface area (Å²) < 4.78 is 2.61. The first kappa shape index (κ1) is 10.2. The zero-order valence-electron chi connectivity index (χ0n) is 6.50.